The van der Waals surface area contributed by atoms with E-state index >= 15 is 0 Å². The summed E-state index contributed by atoms with van der Waals surface area (Å²) in [5.74, 6) is -0.257. The number of rotatable bonds is 2. The molecule has 1 aromatic carbocycles. The first kappa shape index (κ1) is 9.87. The molecule has 0 fully saturated rings. The Bertz CT molecular complexity index is 427. The van der Waals surface area contributed by atoms with Gasteiger partial charge in [-0.25, -0.2) is 4.39 Å². The second kappa shape index (κ2) is 4.24. The van der Waals surface area contributed by atoms with Crippen LogP contribution in [-0.4, -0.2) is 11.0 Å². The van der Waals surface area contributed by atoms with Crippen LogP contribution in [0, 0.1) is 16.5 Å². The highest BCUT2D eigenvalue weighted by Gasteiger charge is 2.14. The van der Waals surface area contributed by atoms with E-state index in [4.69, 9.17) is 5.26 Å². The summed E-state index contributed by atoms with van der Waals surface area (Å²) in [7, 11) is 0. The number of hydrogen-bond donors (Lipinski definition) is 0. The lowest BCUT2D eigenvalue weighted by atomic mass is 10.3. The Hall–Kier alpha value is -1.67. The van der Waals surface area contributed by atoms with Crippen LogP contribution in [0.25, 0.3) is 0 Å². The zero-order valence-corrected chi connectivity index (χ0v) is 8.62. The average molecular weight is 221 g/mol. The van der Waals surface area contributed by atoms with Gasteiger partial charge in [0.1, 0.15) is 12.5 Å². The summed E-state index contributed by atoms with van der Waals surface area (Å²) >= 11 is 1.06. The lowest BCUT2D eigenvalue weighted by Gasteiger charge is -2.18. The van der Waals surface area contributed by atoms with E-state index < -0.39 is 0 Å². The van der Waals surface area contributed by atoms with Crippen LogP contribution in [0.15, 0.2) is 36.7 Å². The van der Waals surface area contributed by atoms with E-state index in [0.717, 1.165) is 17.6 Å². The third kappa shape index (κ3) is 2.22. The second-order valence-electron chi connectivity index (χ2n) is 2.99. The first-order valence-electron chi connectivity index (χ1n) is 4.33. The summed E-state index contributed by atoms with van der Waals surface area (Å²) in [5, 5.41) is 10.5. The minimum absolute atomic E-state index is 0.257. The summed E-state index contributed by atoms with van der Waals surface area (Å²) in [6.45, 7) is 0.557. The fourth-order valence-corrected chi connectivity index (χ4v) is 1.74. The van der Waals surface area contributed by atoms with Crippen molar-refractivity contribution in [2.75, 3.05) is 11.6 Å². The molecule has 1 heterocycles. The molecule has 3 nitrogen and oxygen atoms in total. The van der Waals surface area contributed by atoms with E-state index in [1.54, 1.807) is 16.6 Å². The van der Waals surface area contributed by atoms with Crippen molar-refractivity contribution < 1.29 is 4.39 Å². The normalized spacial score (nSPS) is 14.4. The maximum atomic E-state index is 12.9. The van der Waals surface area contributed by atoms with Crippen LogP contribution in [0.3, 0.4) is 0 Å². The summed E-state index contributed by atoms with van der Waals surface area (Å²) < 4.78 is 14.7. The Kier molecular flexibility index (Phi) is 2.79. The molecule has 76 valence electrons. The molecule has 1 aliphatic rings. The molecule has 2 rings (SSSR count). The monoisotopic (exact) mass is 221 g/mol. The summed E-state index contributed by atoms with van der Waals surface area (Å²) in [6.07, 6.45) is 3.61. The summed E-state index contributed by atoms with van der Waals surface area (Å²) in [5.41, 5.74) is 0.785. The van der Waals surface area contributed by atoms with Crippen LogP contribution in [0.4, 0.5) is 10.1 Å². The Morgan fingerprint density at radius 2 is 2.27 bits per heavy atom. The molecule has 5 heteroatoms. The van der Waals surface area contributed by atoms with Crippen LogP contribution in [0.5, 0.6) is 0 Å². The standard InChI is InChI=1S/C10H8FN3S/c11-9-2-1-3-10(6-9)13-4-5-14(8-13)15-7-12/h1-6H,8H2. The number of benzene rings is 1. The largest absolute Gasteiger partial charge is 0.327 e. The van der Waals surface area contributed by atoms with Crippen molar-refractivity contribution in [3.8, 4) is 5.40 Å². The highest BCUT2D eigenvalue weighted by atomic mass is 32.2. The molecule has 0 aromatic heterocycles. The minimum atomic E-state index is -0.257. The molecular weight excluding hydrogens is 213 g/mol. The van der Waals surface area contributed by atoms with Gasteiger partial charge in [-0.2, -0.15) is 5.26 Å². The minimum Gasteiger partial charge on any atom is -0.327 e. The number of nitriles is 1. The van der Waals surface area contributed by atoms with Gasteiger partial charge in [-0.05, 0) is 18.2 Å². The predicted octanol–water partition coefficient (Wildman–Crippen LogP) is 2.51. The van der Waals surface area contributed by atoms with Crippen molar-refractivity contribution in [3.63, 3.8) is 0 Å². The molecule has 0 saturated carbocycles. The van der Waals surface area contributed by atoms with Gasteiger partial charge < -0.3 is 4.90 Å². The van der Waals surface area contributed by atoms with Crippen molar-refractivity contribution in [1.82, 2.24) is 4.31 Å². The molecule has 0 radical (unpaired) electrons. The zero-order valence-electron chi connectivity index (χ0n) is 7.80. The lowest BCUT2D eigenvalue weighted by Crippen LogP contribution is -2.20. The molecule has 1 aromatic rings. The molecule has 0 amide bonds. The van der Waals surface area contributed by atoms with Gasteiger partial charge in [0, 0.05) is 18.1 Å². The van der Waals surface area contributed by atoms with Crippen molar-refractivity contribution in [2.24, 2.45) is 0 Å². The quantitative estimate of drug-likeness (QED) is 0.567. The molecular formula is C10H8FN3S. The second-order valence-corrected chi connectivity index (χ2v) is 3.82. The van der Waals surface area contributed by atoms with Gasteiger partial charge >= 0.3 is 0 Å². The van der Waals surface area contributed by atoms with Crippen molar-refractivity contribution in [1.29, 1.82) is 5.26 Å². The molecule has 15 heavy (non-hydrogen) atoms. The van der Waals surface area contributed by atoms with Gasteiger partial charge in [0.2, 0.25) is 0 Å². The Labute approximate surface area is 91.5 Å². The molecule has 0 saturated heterocycles. The fourth-order valence-electron chi connectivity index (χ4n) is 1.33. The van der Waals surface area contributed by atoms with Gasteiger partial charge in [-0.1, -0.05) is 6.07 Å². The third-order valence-corrected chi connectivity index (χ3v) is 2.56. The summed E-state index contributed by atoms with van der Waals surface area (Å²) in [6, 6.07) is 6.36. The maximum Gasteiger partial charge on any atom is 0.156 e. The van der Waals surface area contributed by atoms with E-state index in [1.165, 1.54) is 12.1 Å². The SMILES string of the molecule is N#CSN1C=CN(c2cccc(F)c2)C1. The first-order chi connectivity index (χ1) is 7.29. The van der Waals surface area contributed by atoms with E-state index in [-0.39, 0.29) is 5.82 Å². The molecule has 0 N–H and O–H groups in total. The third-order valence-electron chi connectivity index (χ3n) is 2.00. The lowest BCUT2D eigenvalue weighted by molar-refractivity contribution is 0.625. The number of halogens is 1. The number of anilines is 1. The molecule has 0 aliphatic carbocycles. The van der Waals surface area contributed by atoms with E-state index in [2.05, 4.69) is 0 Å². The number of hydrogen-bond acceptors (Lipinski definition) is 4. The Morgan fingerprint density at radius 3 is 3.00 bits per heavy atom. The fraction of sp³-hybridized carbons (Fsp3) is 0.100. The van der Waals surface area contributed by atoms with Crippen LogP contribution in [-0.2, 0) is 0 Å². The first-order valence-corrected chi connectivity index (χ1v) is 5.10. The molecule has 0 bridgehead atoms. The van der Waals surface area contributed by atoms with Crippen molar-refractivity contribution >= 4 is 17.6 Å². The van der Waals surface area contributed by atoms with Crippen molar-refractivity contribution in [2.45, 2.75) is 0 Å². The van der Waals surface area contributed by atoms with Gasteiger partial charge in [-0.15, -0.1) is 0 Å². The Morgan fingerprint density at radius 1 is 1.40 bits per heavy atom. The van der Waals surface area contributed by atoms with Crippen LogP contribution in [0.1, 0.15) is 0 Å². The highest BCUT2D eigenvalue weighted by Crippen LogP contribution is 2.23. The van der Waals surface area contributed by atoms with Crippen LogP contribution in [0.2, 0.25) is 0 Å². The topological polar surface area (TPSA) is 30.3 Å². The average Bonchev–Trinajstić information content (AvgIpc) is 2.67. The highest BCUT2D eigenvalue weighted by molar-refractivity contribution is 8.01. The maximum absolute atomic E-state index is 12.9. The van der Waals surface area contributed by atoms with E-state index in [1.807, 2.05) is 22.6 Å². The van der Waals surface area contributed by atoms with Gasteiger partial charge in [0.25, 0.3) is 0 Å². The van der Waals surface area contributed by atoms with E-state index in [0.29, 0.717) is 6.67 Å². The molecule has 1 aliphatic heterocycles. The molecule has 0 atom stereocenters. The van der Waals surface area contributed by atoms with Gasteiger partial charge in [-0.3, -0.25) is 4.31 Å². The predicted molar refractivity (Wildman–Crippen MR) is 57.9 cm³/mol. The van der Waals surface area contributed by atoms with Gasteiger partial charge in [0.15, 0.2) is 5.40 Å². The smallest absolute Gasteiger partial charge is 0.156 e. The van der Waals surface area contributed by atoms with Crippen LogP contribution < -0.4 is 4.90 Å². The number of nitrogens with zero attached hydrogens (tertiary/aromatic N) is 3. The molecule has 0 spiro atoms. The van der Waals surface area contributed by atoms with Crippen molar-refractivity contribution in [3.05, 3.63) is 42.5 Å². The van der Waals surface area contributed by atoms with Crippen LogP contribution >= 0.6 is 11.9 Å². The number of thiocyanates is 1. The zero-order chi connectivity index (χ0) is 10.7. The van der Waals surface area contributed by atoms with E-state index in [9.17, 15) is 4.39 Å². The van der Waals surface area contributed by atoms with Gasteiger partial charge in [0.05, 0.1) is 11.9 Å². The summed E-state index contributed by atoms with van der Waals surface area (Å²) in [4.78, 5) is 1.87. The Balaban J connectivity index is 2.09. The molecule has 0 unspecified atom stereocenters.